The number of nitrogens with zero attached hydrogens (tertiary/aromatic N) is 3. The van der Waals surface area contributed by atoms with Crippen LogP contribution in [0.15, 0.2) is 48.1 Å². The highest BCUT2D eigenvalue weighted by molar-refractivity contribution is 7.13. The summed E-state index contributed by atoms with van der Waals surface area (Å²) in [4.78, 5) is 23.4. The second-order valence-corrected chi connectivity index (χ2v) is 7.46. The molecule has 3 rings (SSSR count). The van der Waals surface area contributed by atoms with Crippen molar-refractivity contribution in [2.24, 2.45) is 0 Å². The molecule has 0 saturated heterocycles. The second kappa shape index (κ2) is 9.46. The number of benzene rings is 1. The minimum absolute atomic E-state index is 0.00890. The summed E-state index contributed by atoms with van der Waals surface area (Å²) in [5.74, 6) is 0.00890. The van der Waals surface area contributed by atoms with Gasteiger partial charge >= 0.3 is 0 Å². The van der Waals surface area contributed by atoms with Gasteiger partial charge in [-0.2, -0.15) is 0 Å². The monoisotopic (exact) mass is 394 g/mol. The van der Waals surface area contributed by atoms with Crippen molar-refractivity contribution in [3.63, 3.8) is 0 Å². The quantitative estimate of drug-likeness (QED) is 0.588. The number of carbonyl (C=O) groups excluding carboxylic acids is 1. The Morgan fingerprint density at radius 3 is 2.71 bits per heavy atom. The molecule has 0 bridgehead atoms. The first kappa shape index (κ1) is 20.0. The van der Waals surface area contributed by atoms with Gasteiger partial charge in [0.15, 0.2) is 0 Å². The third kappa shape index (κ3) is 4.95. The van der Waals surface area contributed by atoms with Crippen molar-refractivity contribution in [1.29, 1.82) is 0 Å². The third-order valence-corrected chi connectivity index (χ3v) is 5.62. The van der Waals surface area contributed by atoms with E-state index >= 15 is 0 Å². The van der Waals surface area contributed by atoms with Gasteiger partial charge in [0.2, 0.25) is 5.91 Å². The van der Waals surface area contributed by atoms with Crippen LogP contribution in [0.4, 0.5) is 11.4 Å². The smallest absolute Gasteiger partial charge is 0.224 e. The summed E-state index contributed by atoms with van der Waals surface area (Å²) in [5, 5.41) is 5.98. The molecule has 0 spiro atoms. The number of thiazole rings is 1. The Hall–Kier alpha value is -2.73. The summed E-state index contributed by atoms with van der Waals surface area (Å²) in [5.41, 5.74) is 5.08. The predicted molar refractivity (Wildman–Crippen MR) is 117 cm³/mol. The lowest BCUT2D eigenvalue weighted by Crippen LogP contribution is -2.22. The SMILES string of the molecule is CCN(CC)c1ccc(NC(=O)CCc2csc(-c3cccnc3)n2)c(C)c1. The summed E-state index contributed by atoms with van der Waals surface area (Å²) in [7, 11) is 0. The minimum atomic E-state index is 0.00890. The Morgan fingerprint density at radius 1 is 1.21 bits per heavy atom. The fourth-order valence-corrected chi connectivity index (χ4v) is 3.92. The minimum Gasteiger partial charge on any atom is -0.372 e. The highest BCUT2D eigenvalue weighted by atomic mass is 32.1. The van der Waals surface area contributed by atoms with E-state index in [0.717, 1.165) is 40.6 Å². The zero-order valence-corrected chi connectivity index (χ0v) is 17.4. The number of rotatable bonds is 8. The van der Waals surface area contributed by atoms with Crippen LogP contribution in [0.5, 0.6) is 0 Å². The molecule has 0 radical (unpaired) electrons. The number of nitrogens with one attached hydrogen (secondary N) is 1. The van der Waals surface area contributed by atoms with E-state index in [1.165, 1.54) is 5.69 Å². The molecular weight excluding hydrogens is 368 g/mol. The van der Waals surface area contributed by atoms with E-state index in [4.69, 9.17) is 0 Å². The van der Waals surface area contributed by atoms with E-state index in [-0.39, 0.29) is 5.91 Å². The molecule has 0 fully saturated rings. The average Bonchev–Trinajstić information content (AvgIpc) is 3.19. The lowest BCUT2D eigenvalue weighted by Gasteiger charge is -2.22. The molecule has 2 heterocycles. The summed E-state index contributed by atoms with van der Waals surface area (Å²) in [6, 6.07) is 10.1. The van der Waals surface area contributed by atoms with Crippen molar-refractivity contribution in [2.75, 3.05) is 23.3 Å². The zero-order valence-electron chi connectivity index (χ0n) is 16.6. The lowest BCUT2D eigenvalue weighted by molar-refractivity contribution is -0.116. The van der Waals surface area contributed by atoms with Crippen LogP contribution in [-0.4, -0.2) is 29.0 Å². The number of aryl methyl sites for hydroxylation is 2. The van der Waals surface area contributed by atoms with Gasteiger partial charge in [0.05, 0.1) is 5.69 Å². The highest BCUT2D eigenvalue weighted by Gasteiger charge is 2.10. The van der Waals surface area contributed by atoms with E-state index < -0.39 is 0 Å². The first-order valence-electron chi connectivity index (χ1n) is 9.61. The Balaban J connectivity index is 1.57. The molecular formula is C22H26N4OS. The Kier molecular flexibility index (Phi) is 6.76. The average molecular weight is 395 g/mol. The van der Waals surface area contributed by atoms with Crippen molar-refractivity contribution in [2.45, 2.75) is 33.6 Å². The third-order valence-electron chi connectivity index (χ3n) is 4.68. The number of aromatic nitrogens is 2. The van der Waals surface area contributed by atoms with Crippen molar-refractivity contribution in [1.82, 2.24) is 9.97 Å². The molecule has 0 aliphatic carbocycles. The van der Waals surface area contributed by atoms with E-state index in [1.54, 1.807) is 23.7 Å². The van der Waals surface area contributed by atoms with E-state index in [9.17, 15) is 4.79 Å². The normalized spacial score (nSPS) is 10.7. The molecule has 0 atom stereocenters. The van der Waals surface area contributed by atoms with E-state index in [2.05, 4.69) is 46.2 Å². The van der Waals surface area contributed by atoms with Crippen molar-refractivity contribution in [3.05, 3.63) is 59.4 Å². The number of carbonyl (C=O) groups is 1. The largest absolute Gasteiger partial charge is 0.372 e. The first-order chi connectivity index (χ1) is 13.6. The van der Waals surface area contributed by atoms with Gasteiger partial charge in [-0.05, 0) is 63.1 Å². The summed E-state index contributed by atoms with van der Waals surface area (Å²) in [6.45, 7) is 8.26. The van der Waals surface area contributed by atoms with Gasteiger partial charge in [0.25, 0.3) is 0 Å². The maximum Gasteiger partial charge on any atom is 0.224 e. The van der Waals surface area contributed by atoms with Crippen LogP contribution in [-0.2, 0) is 11.2 Å². The van der Waals surface area contributed by atoms with Crippen LogP contribution in [0, 0.1) is 6.92 Å². The number of amides is 1. The molecule has 0 saturated carbocycles. The van der Waals surface area contributed by atoms with Crippen LogP contribution in [0.25, 0.3) is 10.6 Å². The first-order valence-corrected chi connectivity index (χ1v) is 10.5. The van der Waals surface area contributed by atoms with Gasteiger partial charge in [0, 0.05) is 54.2 Å². The molecule has 0 aliphatic rings. The molecule has 0 unspecified atom stereocenters. The molecule has 5 nitrogen and oxygen atoms in total. The summed E-state index contributed by atoms with van der Waals surface area (Å²) < 4.78 is 0. The Labute approximate surface area is 170 Å². The molecule has 3 aromatic rings. The van der Waals surface area contributed by atoms with Crippen molar-refractivity contribution < 1.29 is 4.79 Å². The molecule has 1 aromatic carbocycles. The molecule has 2 aromatic heterocycles. The standard InChI is InChI=1S/C22H26N4OS/c1-4-26(5-2)19-9-10-20(16(3)13-19)25-21(27)11-8-18-15-28-22(24-18)17-7-6-12-23-14-17/h6-7,9-10,12-15H,4-5,8,11H2,1-3H3,(H,25,27). The fourth-order valence-electron chi connectivity index (χ4n) is 3.07. The molecule has 0 aliphatic heterocycles. The van der Waals surface area contributed by atoms with E-state index in [0.29, 0.717) is 12.8 Å². The fraction of sp³-hybridized carbons (Fsp3) is 0.318. The maximum absolute atomic E-state index is 12.4. The number of hydrogen-bond acceptors (Lipinski definition) is 5. The zero-order chi connectivity index (χ0) is 19.9. The van der Waals surface area contributed by atoms with Crippen LogP contribution >= 0.6 is 11.3 Å². The van der Waals surface area contributed by atoms with Gasteiger partial charge in [0.1, 0.15) is 5.01 Å². The molecule has 1 amide bonds. The summed E-state index contributed by atoms with van der Waals surface area (Å²) >= 11 is 1.58. The van der Waals surface area contributed by atoms with Gasteiger partial charge in [-0.15, -0.1) is 11.3 Å². The van der Waals surface area contributed by atoms with Gasteiger partial charge < -0.3 is 10.2 Å². The van der Waals surface area contributed by atoms with Gasteiger partial charge in [-0.3, -0.25) is 9.78 Å². The van der Waals surface area contributed by atoms with Crippen molar-refractivity contribution in [3.8, 4) is 10.6 Å². The predicted octanol–water partition coefficient (Wildman–Crippen LogP) is 4.93. The maximum atomic E-state index is 12.4. The molecule has 6 heteroatoms. The lowest BCUT2D eigenvalue weighted by atomic mass is 10.1. The van der Waals surface area contributed by atoms with Crippen LogP contribution in [0.2, 0.25) is 0 Å². The van der Waals surface area contributed by atoms with E-state index in [1.807, 2.05) is 30.5 Å². The molecule has 1 N–H and O–H groups in total. The number of anilines is 2. The summed E-state index contributed by atoms with van der Waals surface area (Å²) in [6.07, 6.45) is 4.59. The van der Waals surface area contributed by atoms with Gasteiger partial charge in [-0.25, -0.2) is 4.98 Å². The molecule has 146 valence electrons. The molecule has 28 heavy (non-hydrogen) atoms. The van der Waals surface area contributed by atoms with Crippen molar-refractivity contribution >= 4 is 28.6 Å². The highest BCUT2D eigenvalue weighted by Crippen LogP contribution is 2.24. The Morgan fingerprint density at radius 2 is 2.04 bits per heavy atom. The second-order valence-electron chi connectivity index (χ2n) is 6.61. The van der Waals surface area contributed by atoms with Crippen LogP contribution in [0.3, 0.4) is 0 Å². The van der Waals surface area contributed by atoms with Crippen LogP contribution in [0.1, 0.15) is 31.5 Å². The van der Waals surface area contributed by atoms with Crippen LogP contribution < -0.4 is 10.2 Å². The Bertz CT molecular complexity index is 919. The topological polar surface area (TPSA) is 58.1 Å². The number of hydrogen-bond donors (Lipinski definition) is 1. The number of pyridine rings is 1. The van der Waals surface area contributed by atoms with Gasteiger partial charge in [-0.1, -0.05) is 0 Å².